The highest BCUT2D eigenvalue weighted by atomic mass is 16.5. The zero-order valence-electron chi connectivity index (χ0n) is 9.79. The van der Waals surface area contributed by atoms with Gasteiger partial charge in [-0.25, -0.2) is 9.36 Å². The van der Waals surface area contributed by atoms with E-state index in [1.54, 1.807) is 12.1 Å². The molecule has 0 aliphatic rings. The molecule has 0 radical (unpaired) electrons. The smallest absolute Gasteiger partial charge is 0.334 e. The maximum atomic E-state index is 11.7. The third-order valence-electron chi connectivity index (χ3n) is 2.76. The van der Waals surface area contributed by atoms with Gasteiger partial charge in [-0.15, -0.1) is 0 Å². The molecule has 0 aliphatic carbocycles. The van der Waals surface area contributed by atoms with Crippen molar-refractivity contribution in [3.05, 3.63) is 63.4 Å². The number of aromatic amines is 1. The van der Waals surface area contributed by atoms with Crippen LogP contribution in [0.25, 0.3) is 22.9 Å². The molecule has 6 nitrogen and oxygen atoms in total. The number of hydrogen-bond donors (Lipinski definition) is 1. The molecule has 3 rings (SSSR count). The Hall–Kier alpha value is -2.89. The minimum absolute atomic E-state index is 0.333. The fourth-order valence-electron chi connectivity index (χ4n) is 1.83. The molecule has 0 unspecified atom stereocenters. The van der Waals surface area contributed by atoms with Gasteiger partial charge in [0.25, 0.3) is 5.56 Å². The van der Waals surface area contributed by atoms with Gasteiger partial charge in [-0.3, -0.25) is 9.78 Å². The van der Waals surface area contributed by atoms with Crippen LogP contribution in [-0.2, 0) is 0 Å². The molecule has 2 aromatic heterocycles. The number of rotatable bonds is 2. The highest BCUT2D eigenvalue weighted by Crippen LogP contribution is 2.22. The minimum atomic E-state index is -0.563. The second kappa shape index (κ2) is 4.09. The normalized spacial score (nSPS) is 10.7. The molecule has 0 saturated carbocycles. The Kier molecular flexibility index (Phi) is 2.42. The Morgan fingerprint density at radius 1 is 1.32 bits per heavy atom. The summed E-state index contributed by atoms with van der Waals surface area (Å²) in [5, 5.41) is 4.54. The van der Waals surface area contributed by atoms with E-state index in [0.29, 0.717) is 16.8 Å². The quantitative estimate of drug-likeness (QED) is 0.748. The van der Waals surface area contributed by atoms with Crippen LogP contribution in [0.1, 0.15) is 5.56 Å². The van der Waals surface area contributed by atoms with Gasteiger partial charge in [0.1, 0.15) is 0 Å². The van der Waals surface area contributed by atoms with Gasteiger partial charge in [0, 0.05) is 12.3 Å². The maximum absolute atomic E-state index is 11.7. The van der Waals surface area contributed by atoms with Crippen LogP contribution in [0.4, 0.5) is 0 Å². The standard InChI is InChI=1S/C13H9N3O3/c1-2-8-3-4-10-9(7-8)12(15-19-10)16-6-5-11(17)14-13(16)18/h2-7H,1H2,(H,14,17,18). The predicted octanol–water partition coefficient (Wildman–Crippen LogP) is 1.31. The monoisotopic (exact) mass is 255 g/mol. The summed E-state index contributed by atoms with van der Waals surface area (Å²) in [6.07, 6.45) is 3.05. The largest absolute Gasteiger partial charge is 0.354 e. The van der Waals surface area contributed by atoms with E-state index in [9.17, 15) is 9.59 Å². The van der Waals surface area contributed by atoms with Crippen LogP contribution in [0.2, 0.25) is 0 Å². The van der Waals surface area contributed by atoms with Crippen LogP contribution >= 0.6 is 0 Å². The molecule has 0 spiro atoms. The lowest BCUT2D eigenvalue weighted by molar-refractivity contribution is 0.451. The van der Waals surface area contributed by atoms with Crippen LogP contribution in [-0.4, -0.2) is 14.7 Å². The molecular weight excluding hydrogens is 246 g/mol. The van der Waals surface area contributed by atoms with Gasteiger partial charge < -0.3 is 4.52 Å². The van der Waals surface area contributed by atoms with Crippen molar-refractivity contribution >= 4 is 17.0 Å². The van der Waals surface area contributed by atoms with Crippen LogP contribution in [0, 0.1) is 0 Å². The lowest BCUT2D eigenvalue weighted by Crippen LogP contribution is -2.27. The molecule has 0 saturated heterocycles. The third-order valence-corrected chi connectivity index (χ3v) is 2.76. The summed E-state index contributed by atoms with van der Waals surface area (Å²) in [6, 6.07) is 6.64. The lowest BCUT2D eigenvalue weighted by Gasteiger charge is -1.99. The van der Waals surface area contributed by atoms with Crippen molar-refractivity contribution in [3.63, 3.8) is 0 Å². The number of benzene rings is 1. The van der Waals surface area contributed by atoms with Gasteiger partial charge in [-0.1, -0.05) is 23.9 Å². The average Bonchev–Trinajstić information content (AvgIpc) is 2.81. The SMILES string of the molecule is C=Cc1ccc2onc(-n3ccc(=O)[nH]c3=O)c2c1. The Bertz CT molecular complexity index is 886. The minimum Gasteiger partial charge on any atom is -0.354 e. The molecule has 1 aromatic carbocycles. The van der Waals surface area contributed by atoms with Gasteiger partial charge in [0.2, 0.25) is 0 Å². The molecule has 94 valence electrons. The van der Waals surface area contributed by atoms with Gasteiger partial charge in [-0.05, 0) is 17.7 Å². The van der Waals surface area contributed by atoms with Crippen molar-refractivity contribution in [2.75, 3.05) is 0 Å². The number of H-pyrrole nitrogens is 1. The summed E-state index contributed by atoms with van der Waals surface area (Å²) in [5.74, 6) is 0.333. The van der Waals surface area contributed by atoms with Crippen molar-refractivity contribution in [1.82, 2.24) is 14.7 Å². The van der Waals surface area contributed by atoms with Crippen molar-refractivity contribution in [3.8, 4) is 5.82 Å². The number of nitrogens with zero attached hydrogens (tertiary/aromatic N) is 2. The molecular formula is C13H9N3O3. The van der Waals surface area contributed by atoms with Crippen LogP contribution in [0.5, 0.6) is 0 Å². The third kappa shape index (κ3) is 1.79. The van der Waals surface area contributed by atoms with E-state index in [2.05, 4.69) is 16.7 Å². The number of fused-ring (bicyclic) bond motifs is 1. The van der Waals surface area contributed by atoms with E-state index < -0.39 is 11.2 Å². The number of hydrogen-bond acceptors (Lipinski definition) is 4. The van der Waals surface area contributed by atoms with E-state index >= 15 is 0 Å². The highest BCUT2D eigenvalue weighted by molar-refractivity contribution is 5.86. The Morgan fingerprint density at radius 2 is 2.16 bits per heavy atom. The summed E-state index contributed by atoms with van der Waals surface area (Å²) >= 11 is 0. The van der Waals surface area contributed by atoms with E-state index in [0.717, 1.165) is 5.56 Å². The Labute approximate surface area is 106 Å². The predicted molar refractivity (Wildman–Crippen MR) is 70.3 cm³/mol. The summed E-state index contributed by atoms with van der Waals surface area (Å²) in [7, 11) is 0. The van der Waals surface area contributed by atoms with Gasteiger partial charge in [0.05, 0.1) is 5.39 Å². The van der Waals surface area contributed by atoms with Crippen molar-refractivity contribution in [2.45, 2.75) is 0 Å². The molecule has 0 fully saturated rings. The van der Waals surface area contributed by atoms with Crippen LogP contribution in [0.15, 0.2) is 51.2 Å². The molecule has 0 amide bonds. The maximum Gasteiger partial charge on any atom is 0.334 e. The first-order valence-corrected chi connectivity index (χ1v) is 5.53. The number of nitrogens with one attached hydrogen (secondary N) is 1. The zero-order chi connectivity index (χ0) is 13.4. The first-order chi connectivity index (χ1) is 9.19. The molecule has 0 bridgehead atoms. The highest BCUT2D eigenvalue weighted by Gasteiger charge is 2.11. The topological polar surface area (TPSA) is 80.9 Å². The van der Waals surface area contributed by atoms with Gasteiger partial charge >= 0.3 is 5.69 Å². The van der Waals surface area contributed by atoms with Gasteiger partial charge in [-0.2, -0.15) is 0 Å². The summed E-state index contributed by atoms with van der Waals surface area (Å²) in [4.78, 5) is 25.0. The average molecular weight is 255 g/mol. The van der Waals surface area contributed by atoms with E-state index in [4.69, 9.17) is 4.52 Å². The molecule has 0 atom stereocenters. The lowest BCUT2D eigenvalue weighted by atomic mass is 10.1. The van der Waals surface area contributed by atoms with Crippen molar-refractivity contribution < 1.29 is 4.52 Å². The van der Waals surface area contributed by atoms with Crippen LogP contribution in [0.3, 0.4) is 0 Å². The zero-order valence-corrected chi connectivity index (χ0v) is 9.79. The van der Waals surface area contributed by atoms with Crippen molar-refractivity contribution in [1.29, 1.82) is 0 Å². The first-order valence-electron chi connectivity index (χ1n) is 5.53. The summed E-state index contributed by atoms with van der Waals surface area (Å²) in [5.41, 5.74) is 0.417. The molecule has 19 heavy (non-hydrogen) atoms. The molecule has 1 N–H and O–H groups in total. The summed E-state index contributed by atoms with van der Waals surface area (Å²) < 4.78 is 6.37. The fraction of sp³-hybridized carbons (Fsp3) is 0. The van der Waals surface area contributed by atoms with E-state index in [-0.39, 0.29) is 0 Å². The second-order valence-corrected chi connectivity index (χ2v) is 3.95. The Balaban J connectivity index is 2.33. The number of aromatic nitrogens is 3. The Morgan fingerprint density at radius 3 is 2.89 bits per heavy atom. The molecule has 2 heterocycles. The molecule has 6 heteroatoms. The van der Waals surface area contributed by atoms with Gasteiger partial charge in [0.15, 0.2) is 11.4 Å². The van der Waals surface area contributed by atoms with Crippen LogP contribution < -0.4 is 11.2 Å². The fourth-order valence-corrected chi connectivity index (χ4v) is 1.83. The summed E-state index contributed by atoms with van der Waals surface area (Å²) in [6.45, 7) is 3.69. The molecule has 0 aliphatic heterocycles. The van der Waals surface area contributed by atoms with E-state index in [1.165, 1.54) is 16.8 Å². The van der Waals surface area contributed by atoms with Crippen molar-refractivity contribution in [2.24, 2.45) is 0 Å². The second-order valence-electron chi connectivity index (χ2n) is 3.95. The van der Waals surface area contributed by atoms with E-state index in [1.807, 2.05) is 12.1 Å². The molecule has 3 aromatic rings. The first kappa shape index (κ1) is 11.2.